The molecule has 0 saturated heterocycles. The minimum atomic E-state index is -3.89. The number of nitrogens with one attached hydrogen (secondary N) is 2. The van der Waals surface area contributed by atoms with Crippen LogP contribution < -0.4 is 9.44 Å². The quantitative estimate of drug-likeness (QED) is 0.399. The maximum absolute atomic E-state index is 12.2. The summed E-state index contributed by atoms with van der Waals surface area (Å²) in [4.78, 5) is 16.6. The van der Waals surface area contributed by atoms with Crippen molar-refractivity contribution in [1.29, 1.82) is 0 Å². The van der Waals surface area contributed by atoms with Crippen molar-refractivity contribution < 1.29 is 13.2 Å². The van der Waals surface area contributed by atoms with Crippen LogP contribution in [0.4, 0.5) is 0 Å². The van der Waals surface area contributed by atoms with E-state index in [0.29, 0.717) is 17.8 Å². The van der Waals surface area contributed by atoms with E-state index in [-0.39, 0.29) is 0 Å². The Hall–Kier alpha value is -2.98. The van der Waals surface area contributed by atoms with E-state index < -0.39 is 16.1 Å². The number of aryl methyl sites for hydroxylation is 2. The van der Waals surface area contributed by atoms with Crippen LogP contribution in [0.15, 0.2) is 36.7 Å². The predicted molar refractivity (Wildman–Crippen MR) is 116 cm³/mol. The lowest BCUT2D eigenvalue weighted by Gasteiger charge is -2.08. The van der Waals surface area contributed by atoms with Gasteiger partial charge in [-0.1, -0.05) is 19.8 Å². The first-order chi connectivity index (χ1) is 14.3. The summed E-state index contributed by atoms with van der Waals surface area (Å²) in [6.45, 7) is 4.15. The fourth-order valence-corrected chi connectivity index (χ4v) is 4.04. The molecule has 0 bridgehead atoms. The first kappa shape index (κ1) is 21.7. The second kappa shape index (κ2) is 9.23. The van der Waals surface area contributed by atoms with Crippen molar-refractivity contribution in [3.05, 3.63) is 47.9 Å². The van der Waals surface area contributed by atoms with E-state index in [2.05, 4.69) is 14.8 Å². The Morgan fingerprint density at radius 2 is 2.07 bits per heavy atom. The van der Waals surface area contributed by atoms with E-state index in [0.717, 1.165) is 36.1 Å². The van der Waals surface area contributed by atoms with Crippen LogP contribution in [0.25, 0.3) is 22.9 Å². The van der Waals surface area contributed by atoms with Crippen LogP contribution in [0.2, 0.25) is 0 Å². The number of pyridine rings is 1. The second-order valence-electron chi connectivity index (χ2n) is 6.95. The molecule has 0 aliphatic heterocycles. The predicted octanol–water partition coefficient (Wildman–Crippen LogP) is 2.22. The minimum absolute atomic E-state index is 0.291. The Kier molecular flexibility index (Phi) is 6.68. The second-order valence-corrected chi connectivity index (χ2v) is 8.45. The molecule has 2 N–H and O–H groups in total. The number of fused-ring (bicyclic) bond motifs is 1. The lowest BCUT2D eigenvalue weighted by molar-refractivity contribution is -0.114. The Labute approximate surface area is 176 Å². The summed E-state index contributed by atoms with van der Waals surface area (Å²) in [7, 11) is -2.08. The number of nitrogens with zero attached hydrogens (tertiary/aromatic N) is 4. The van der Waals surface area contributed by atoms with Crippen LogP contribution in [0.3, 0.4) is 0 Å². The molecular formula is C20H26N6O3S. The molecule has 3 rings (SSSR count). The summed E-state index contributed by atoms with van der Waals surface area (Å²) in [5.74, 6) is -0.00604. The number of aromatic nitrogens is 4. The monoisotopic (exact) mass is 430 g/mol. The number of unbranched alkanes of at least 4 members (excludes halogenated alkanes) is 2. The maximum Gasteiger partial charge on any atom is 0.301 e. The van der Waals surface area contributed by atoms with Crippen molar-refractivity contribution in [3.8, 4) is 5.82 Å². The summed E-state index contributed by atoms with van der Waals surface area (Å²) in [5, 5.41) is 5.41. The summed E-state index contributed by atoms with van der Waals surface area (Å²) >= 11 is 0. The van der Waals surface area contributed by atoms with Crippen LogP contribution >= 0.6 is 0 Å². The van der Waals surface area contributed by atoms with Gasteiger partial charge in [0.25, 0.3) is 5.91 Å². The molecule has 0 aliphatic carbocycles. The highest BCUT2D eigenvalue weighted by Crippen LogP contribution is 2.24. The van der Waals surface area contributed by atoms with Crippen LogP contribution in [-0.2, 0) is 22.1 Å². The minimum Gasteiger partial charge on any atom is -0.285 e. The number of carbonyl (C=O) groups excluding carboxylic acids is 1. The number of hydrogen-bond acceptors (Lipinski definition) is 5. The van der Waals surface area contributed by atoms with Crippen molar-refractivity contribution in [2.75, 3.05) is 6.54 Å². The molecule has 0 aliphatic rings. The van der Waals surface area contributed by atoms with E-state index in [1.54, 1.807) is 24.0 Å². The molecular weight excluding hydrogens is 404 g/mol. The summed E-state index contributed by atoms with van der Waals surface area (Å²) in [5.41, 5.74) is 2.16. The molecule has 0 spiro atoms. The van der Waals surface area contributed by atoms with Gasteiger partial charge in [-0.25, -0.2) is 9.71 Å². The number of amides is 1. The lowest BCUT2D eigenvalue weighted by atomic mass is 10.2. The average molecular weight is 431 g/mol. The van der Waals surface area contributed by atoms with Gasteiger partial charge in [0.05, 0.1) is 5.69 Å². The zero-order valence-corrected chi connectivity index (χ0v) is 18.1. The highest BCUT2D eigenvalue weighted by molar-refractivity contribution is 7.88. The fourth-order valence-electron chi connectivity index (χ4n) is 3.22. The van der Waals surface area contributed by atoms with Gasteiger partial charge in [-0.15, -0.1) is 0 Å². The molecule has 3 heterocycles. The third kappa shape index (κ3) is 4.95. The molecule has 3 aromatic heterocycles. The smallest absolute Gasteiger partial charge is 0.285 e. The normalized spacial score (nSPS) is 12.1. The van der Waals surface area contributed by atoms with Crippen molar-refractivity contribution >= 4 is 33.2 Å². The molecule has 1 amide bonds. The van der Waals surface area contributed by atoms with E-state index in [9.17, 15) is 13.2 Å². The van der Waals surface area contributed by atoms with E-state index in [1.807, 2.05) is 47.5 Å². The Bertz CT molecular complexity index is 1180. The lowest BCUT2D eigenvalue weighted by Crippen LogP contribution is -2.39. The molecule has 0 radical (unpaired) electrons. The molecule has 30 heavy (non-hydrogen) atoms. The molecule has 3 aromatic rings. The fraction of sp³-hybridized carbons (Fsp3) is 0.350. The molecule has 0 saturated carbocycles. The standard InChI is InChI=1S/C20H26N6O3S/c1-4-5-6-13-22-30(28,29)24-18(27)10-9-17-15(2)23-25(3)20(17)26-14-11-16-8-7-12-21-19(16)26/h7-12,14,22H,4-6,13H2,1-3H3,(H,24,27)/b10-9+. The van der Waals surface area contributed by atoms with Crippen molar-refractivity contribution in [2.24, 2.45) is 7.05 Å². The Balaban J connectivity index is 1.80. The van der Waals surface area contributed by atoms with Gasteiger partial charge in [-0.3, -0.25) is 14.0 Å². The van der Waals surface area contributed by atoms with Gasteiger partial charge in [0, 0.05) is 43.0 Å². The zero-order valence-electron chi connectivity index (χ0n) is 17.3. The van der Waals surface area contributed by atoms with Crippen LogP contribution in [-0.4, -0.2) is 40.2 Å². The Morgan fingerprint density at radius 1 is 1.27 bits per heavy atom. The maximum atomic E-state index is 12.2. The third-order valence-corrected chi connectivity index (χ3v) is 5.68. The highest BCUT2D eigenvalue weighted by atomic mass is 32.2. The van der Waals surface area contributed by atoms with Crippen LogP contribution in [0.1, 0.15) is 37.4 Å². The number of carbonyl (C=O) groups is 1. The molecule has 0 atom stereocenters. The third-order valence-electron chi connectivity index (χ3n) is 4.62. The SMILES string of the molecule is CCCCCNS(=O)(=O)NC(=O)/C=C/c1c(C)nn(C)c1-n1ccc2cccnc21. The van der Waals surface area contributed by atoms with E-state index in [1.165, 1.54) is 6.08 Å². The average Bonchev–Trinajstić information content (AvgIpc) is 3.23. The Morgan fingerprint density at radius 3 is 2.83 bits per heavy atom. The van der Waals surface area contributed by atoms with Gasteiger partial charge in [0.15, 0.2) is 0 Å². The summed E-state index contributed by atoms with van der Waals surface area (Å²) in [6.07, 6.45) is 8.97. The van der Waals surface area contributed by atoms with E-state index in [4.69, 9.17) is 0 Å². The van der Waals surface area contributed by atoms with Crippen molar-refractivity contribution in [3.63, 3.8) is 0 Å². The molecule has 0 aromatic carbocycles. The van der Waals surface area contributed by atoms with Gasteiger partial charge in [-0.2, -0.15) is 18.2 Å². The van der Waals surface area contributed by atoms with Crippen LogP contribution in [0.5, 0.6) is 0 Å². The topological polar surface area (TPSA) is 111 Å². The van der Waals surface area contributed by atoms with Gasteiger partial charge < -0.3 is 0 Å². The largest absolute Gasteiger partial charge is 0.301 e. The van der Waals surface area contributed by atoms with Crippen LogP contribution in [0, 0.1) is 6.92 Å². The van der Waals surface area contributed by atoms with Gasteiger partial charge in [0.1, 0.15) is 11.5 Å². The van der Waals surface area contributed by atoms with Gasteiger partial charge >= 0.3 is 10.2 Å². The summed E-state index contributed by atoms with van der Waals surface area (Å²) < 4.78 is 31.9. The molecule has 0 fully saturated rings. The first-order valence-corrected chi connectivity index (χ1v) is 11.3. The van der Waals surface area contributed by atoms with Crippen molar-refractivity contribution in [2.45, 2.75) is 33.1 Å². The molecule has 9 nitrogen and oxygen atoms in total. The molecule has 0 unspecified atom stereocenters. The summed E-state index contributed by atoms with van der Waals surface area (Å²) in [6, 6.07) is 5.77. The molecule has 10 heteroatoms. The van der Waals surface area contributed by atoms with Gasteiger partial charge in [-0.05, 0) is 37.6 Å². The zero-order chi connectivity index (χ0) is 21.7. The number of rotatable bonds is 9. The van der Waals surface area contributed by atoms with E-state index >= 15 is 0 Å². The first-order valence-electron chi connectivity index (χ1n) is 9.78. The highest BCUT2D eigenvalue weighted by Gasteiger charge is 2.16. The number of hydrogen-bond donors (Lipinski definition) is 2. The molecule has 160 valence electrons. The van der Waals surface area contributed by atoms with Crippen molar-refractivity contribution in [1.82, 2.24) is 28.8 Å². The van der Waals surface area contributed by atoms with Gasteiger partial charge in [0.2, 0.25) is 0 Å².